The zero-order valence-electron chi connectivity index (χ0n) is 9.22. The maximum absolute atomic E-state index is 9.25. The van der Waals surface area contributed by atoms with Crippen LogP contribution in [0.2, 0.25) is 18.1 Å². The van der Waals surface area contributed by atoms with E-state index in [0.717, 1.165) is 0 Å². The summed E-state index contributed by atoms with van der Waals surface area (Å²) < 4.78 is 5.75. The lowest BCUT2D eigenvalue weighted by Crippen LogP contribution is -2.42. The highest BCUT2D eigenvalue weighted by molar-refractivity contribution is 6.74. The van der Waals surface area contributed by atoms with E-state index in [1.807, 2.05) is 0 Å². The van der Waals surface area contributed by atoms with Crippen LogP contribution in [0.3, 0.4) is 0 Å². The van der Waals surface area contributed by atoms with Gasteiger partial charge in [-0.25, -0.2) is 0 Å². The van der Waals surface area contributed by atoms with Gasteiger partial charge in [-0.05, 0) is 18.1 Å². The highest BCUT2D eigenvalue weighted by Crippen LogP contribution is 2.36. The lowest BCUT2D eigenvalue weighted by Gasteiger charge is -2.36. The van der Waals surface area contributed by atoms with Gasteiger partial charge >= 0.3 is 0 Å². The minimum atomic E-state index is -1.70. The molecule has 0 aliphatic carbocycles. The molecule has 0 radical (unpaired) electrons. The standard InChI is InChI=1S/C9H21ClO2Si/c1-9(2,3)13(4,5)12-7-8(11)6-10/h8,11H,6-7H2,1-5H3/t8-/m1/s1. The fourth-order valence-corrected chi connectivity index (χ4v) is 1.70. The van der Waals surface area contributed by atoms with E-state index >= 15 is 0 Å². The van der Waals surface area contributed by atoms with E-state index in [2.05, 4.69) is 33.9 Å². The highest BCUT2D eigenvalue weighted by Gasteiger charge is 2.37. The Morgan fingerprint density at radius 2 is 1.85 bits per heavy atom. The second kappa shape index (κ2) is 4.78. The van der Waals surface area contributed by atoms with Crippen molar-refractivity contribution in [3.63, 3.8) is 0 Å². The molecule has 4 heteroatoms. The SMILES string of the molecule is CC(C)(C)[Si](C)(C)OC[C@H](O)CCl. The molecule has 0 aromatic rings. The third-order valence-corrected chi connectivity index (χ3v) is 7.48. The number of alkyl halides is 1. The Morgan fingerprint density at radius 3 is 2.15 bits per heavy atom. The zero-order valence-corrected chi connectivity index (χ0v) is 11.0. The first-order chi connectivity index (χ1) is 5.70. The number of hydrogen-bond donors (Lipinski definition) is 1. The molecule has 0 aliphatic heterocycles. The van der Waals surface area contributed by atoms with E-state index in [4.69, 9.17) is 16.0 Å². The Bertz CT molecular complexity index is 154. The molecule has 0 unspecified atom stereocenters. The Balaban J connectivity index is 4.04. The smallest absolute Gasteiger partial charge is 0.192 e. The van der Waals surface area contributed by atoms with Crippen molar-refractivity contribution in [3.05, 3.63) is 0 Å². The van der Waals surface area contributed by atoms with Gasteiger partial charge in [0.1, 0.15) is 0 Å². The van der Waals surface area contributed by atoms with Crippen LogP contribution in [0.4, 0.5) is 0 Å². The van der Waals surface area contributed by atoms with Gasteiger partial charge in [0.15, 0.2) is 8.32 Å². The van der Waals surface area contributed by atoms with E-state index < -0.39 is 14.4 Å². The van der Waals surface area contributed by atoms with Gasteiger partial charge in [0.25, 0.3) is 0 Å². The Hall–Kier alpha value is 0.427. The summed E-state index contributed by atoms with van der Waals surface area (Å²) in [6.45, 7) is 11.2. The molecule has 0 rings (SSSR count). The fourth-order valence-electron chi connectivity index (χ4n) is 0.566. The van der Waals surface area contributed by atoms with Gasteiger partial charge in [0.2, 0.25) is 0 Å². The predicted octanol–water partition coefficient (Wildman–Crippen LogP) is 2.61. The van der Waals surface area contributed by atoms with Crippen molar-refractivity contribution in [2.45, 2.75) is 45.0 Å². The van der Waals surface area contributed by atoms with Crippen LogP contribution in [-0.2, 0) is 4.43 Å². The van der Waals surface area contributed by atoms with Crippen LogP contribution in [0, 0.1) is 0 Å². The minimum Gasteiger partial charge on any atom is -0.414 e. The normalized spacial score (nSPS) is 15.9. The predicted molar refractivity (Wildman–Crippen MR) is 59.9 cm³/mol. The average molecular weight is 225 g/mol. The second-order valence-corrected chi connectivity index (χ2v) is 10.00. The van der Waals surface area contributed by atoms with Crippen molar-refractivity contribution >= 4 is 19.9 Å². The topological polar surface area (TPSA) is 29.5 Å². The second-order valence-electron chi connectivity index (χ2n) is 4.88. The molecule has 0 fully saturated rings. The summed E-state index contributed by atoms with van der Waals surface area (Å²) in [6, 6.07) is 0. The molecule has 2 nitrogen and oxygen atoms in total. The molecule has 1 N–H and O–H groups in total. The van der Waals surface area contributed by atoms with E-state index in [0.29, 0.717) is 6.61 Å². The third kappa shape index (κ3) is 4.45. The van der Waals surface area contributed by atoms with Crippen LogP contribution >= 0.6 is 11.6 Å². The zero-order chi connectivity index (χ0) is 10.7. The van der Waals surface area contributed by atoms with E-state index in [1.54, 1.807) is 0 Å². The quantitative estimate of drug-likeness (QED) is 0.588. The van der Waals surface area contributed by atoms with Crippen LogP contribution < -0.4 is 0 Å². The summed E-state index contributed by atoms with van der Waals surface area (Å²) in [7, 11) is -1.70. The summed E-state index contributed by atoms with van der Waals surface area (Å²) >= 11 is 5.48. The van der Waals surface area contributed by atoms with Crippen LogP contribution in [0.15, 0.2) is 0 Å². The average Bonchev–Trinajstić information content (AvgIpc) is 1.98. The van der Waals surface area contributed by atoms with Crippen LogP contribution in [0.1, 0.15) is 20.8 Å². The fraction of sp³-hybridized carbons (Fsp3) is 1.00. The summed E-state index contributed by atoms with van der Waals surface area (Å²) in [5, 5.41) is 9.45. The number of hydrogen-bond acceptors (Lipinski definition) is 2. The summed E-state index contributed by atoms with van der Waals surface area (Å²) in [6.07, 6.45) is -0.532. The van der Waals surface area contributed by atoms with Gasteiger partial charge in [-0.1, -0.05) is 20.8 Å². The minimum absolute atomic E-state index is 0.193. The van der Waals surface area contributed by atoms with Crippen molar-refractivity contribution in [3.8, 4) is 0 Å². The molecule has 0 amide bonds. The first-order valence-corrected chi connectivity index (χ1v) is 8.03. The van der Waals surface area contributed by atoms with Gasteiger partial charge in [-0.2, -0.15) is 0 Å². The first kappa shape index (κ1) is 13.4. The molecule has 0 aliphatic rings. The lowest BCUT2D eigenvalue weighted by molar-refractivity contribution is 0.117. The molecule has 13 heavy (non-hydrogen) atoms. The van der Waals surface area contributed by atoms with Crippen LogP contribution in [0.5, 0.6) is 0 Å². The summed E-state index contributed by atoms with van der Waals surface area (Å²) in [5.74, 6) is 0.245. The molecule has 0 bridgehead atoms. The highest BCUT2D eigenvalue weighted by atomic mass is 35.5. The lowest BCUT2D eigenvalue weighted by atomic mass is 10.2. The number of aliphatic hydroxyl groups excluding tert-OH is 1. The van der Waals surface area contributed by atoms with Gasteiger partial charge in [-0.3, -0.25) is 0 Å². The monoisotopic (exact) mass is 224 g/mol. The number of aliphatic hydroxyl groups is 1. The third-order valence-electron chi connectivity index (χ3n) is 2.62. The Kier molecular flexibility index (Phi) is 4.94. The molecule has 0 saturated heterocycles. The van der Waals surface area contributed by atoms with E-state index in [9.17, 15) is 5.11 Å². The van der Waals surface area contributed by atoms with Gasteiger partial charge in [0, 0.05) is 0 Å². The van der Waals surface area contributed by atoms with Crippen LogP contribution in [-0.4, -0.2) is 32.0 Å². The van der Waals surface area contributed by atoms with Crippen molar-refractivity contribution in [2.75, 3.05) is 12.5 Å². The Labute approximate surface area is 87.4 Å². The maximum Gasteiger partial charge on any atom is 0.192 e. The van der Waals surface area contributed by atoms with Crippen molar-refractivity contribution in [2.24, 2.45) is 0 Å². The number of rotatable bonds is 4. The Morgan fingerprint density at radius 1 is 1.38 bits per heavy atom. The maximum atomic E-state index is 9.25. The molecule has 1 atom stereocenters. The summed E-state index contributed by atoms with van der Waals surface area (Å²) in [4.78, 5) is 0. The van der Waals surface area contributed by atoms with Crippen molar-refractivity contribution in [1.82, 2.24) is 0 Å². The van der Waals surface area contributed by atoms with Gasteiger partial charge in [0.05, 0.1) is 18.6 Å². The summed E-state index contributed by atoms with van der Waals surface area (Å²) in [5.41, 5.74) is 0. The largest absolute Gasteiger partial charge is 0.414 e. The number of halogens is 1. The van der Waals surface area contributed by atoms with Crippen molar-refractivity contribution < 1.29 is 9.53 Å². The van der Waals surface area contributed by atoms with Gasteiger partial charge < -0.3 is 9.53 Å². The van der Waals surface area contributed by atoms with Crippen LogP contribution in [0.25, 0.3) is 0 Å². The van der Waals surface area contributed by atoms with Crippen molar-refractivity contribution in [1.29, 1.82) is 0 Å². The molecule has 0 spiro atoms. The first-order valence-electron chi connectivity index (χ1n) is 4.58. The molecule has 0 heterocycles. The molecule has 0 aromatic carbocycles. The van der Waals surface area contributed by atoms with E-state index in [-0.39, 0.29) is 10.9 Å². The molecule has 80 valence electrons. The van der Waals surface area contributed by atoms with Gasteiger partial charge in [-0.15, -0.1) is 11.6 Å². The molecular formula is C9H21ClO2Si. The molecule has 0 saturated carbocycles. The van der Waals surface area contributed by atoms with E-state index in [1.165, 1.54) is 0 Å². The molecular weight excluding hydrogens is 204 g/mol. The molecule has 0 aromatic heterocycles.